The van der Waals surface area contributed by atoms with Crippen LogP contribution in [0.25, 0.3) is 16.9 Å². The summed E-state index contributed by atoms with van der Waals surface area (Å²) < 4.78 is 56.7. The molecule has 2 heterocycles. The van der Waals surface area contributed by atoms with Crippen LogP contribution in [0.4, 0.5) is 23.4 Å². The van der Waals surface area contributed by atoms with Gasteiger partial charge in [0.05, 0.1) is 11.9 Å². The third-order valence-corrected chi connectivity index (χ3v) is 5.09. The van der Waals surface area contributed by atoms with E-state index < -0.39 is 23.8 Å². The van der Waals surface area contributed by atoms with Crippen LogP contribution in [-0.2, 0) is 11.3 Å². The molecule has 0 aliphatic rings. The number of nitrogens with zero attached hydrogens (tertiary/aromatic N) is 3. The molecular weight excluding hydrogens is 482 g/mol. The van der Waals surface area contributed by atoms with E-state index in [-0.39, 0.29) is 23.6 Å². The lowest BCUT2D eigenvalue weighted by Gasteiger charge is -2.12. The number of carbonyl (C=O) groups is 2. The van der Waals surface area contributed by atoms with Gasteiger partial charge in [-0.05, 0) is 55.0 Å². The number of hydrogen-bond donors (Lipinski definition) is 2. The summed E-state index contributed by atoms with van der Waals surface area (Å²) in [7, 11) is 0. The summed E-state index contributed by atoms with van der Waals surface area (Å²) in [6.07, 6.45) is -3.37. The van der Waals surface area contributed by atoms with Crippen LogP contribution in [0, 0.1) is 12.7 Å². The van der Waals surface area contributed by atoms with Gasteiger partial charge in [0, 0.05) is 30.2 Å². The number of nitrogens with one attached hydrogen (secondary N) is 2. The van der Waals surface area contributed by atoms with Gasteiger partial charge in [-0.1, -0.05) is 6.07 Å². The van der Waals surface area contributed by atoms with E-state index in [0.29, 0.717) is 22.7 Å². The van der Waals surface area contributed by atoms with Crippen molar-refractivity contribution in [1.82, 2.24) is 19.9 Å². The number of hydrogen-bond acceptors (Lipinski definition) is 5. The monoisotopic (exact) mass is 501 g/mol. The Morgan fingerprint density at radius 1 is 1.08 bits per heavy atom. The van der Waals surface area contributed by atoms with Crippen molar-refractivity contribution in [2.75, 3.05) is 5.32 Å². The van der Waals surface area contributed by atoms with Gasteiger partial charge in [0.25, 0.3) is 5.91 Å². The van der Waals surface area contributed by atoms with E-state index in [2.05, 4.69) is 25.5 Å². The van der Waals surface area contributed by atoms with Gasteiger partial charge in [-0.25, -0.2) is 13.9 Å². The minimum absolute atomic E-state index is 0.167. The summed E-state index contributed by atoms with van der Waals surface area (Å²) in [4.78, 5) is 28.2. The fourth-order valence-electron chi connectivity index (χ4n) is 3.47. The molecule has 0 aliphatic heterocycles. The van der Waals surface area contributed by atoms with E-state index >= 15 is 0 Å². The van der Waals surface area contributed by atoms with Gasteiger partial charge in [0.15, 0.2) is 11.5 Å². The highest BCUT2D eigenvalue weighted by molar-refractivity contribution is 5.95. The highest BCUT2D eigenvalue weighted by Crippen LogP contribution is 2.26. The number of imidazole rings is 1. The number of rotatable bonds is 6. The van der Waals surface area contributed by atoms with E-state index in [1.807, 2.05) is 6.92 Å². The lowest BCUT2D eigenvalue weighted by molar-refractivity contribution is -0.274. The van der Waals surface area contributed by atoms with Gasteiger partial charge in [-0.2, -0.15) is 5.10 Å². The van der Waals surface area contributed by atoms with Gasteiger partial charge < -0.3 is 15.4 Å². The fourth-order valence-corrected chi connectivity index (χ4v) is 3.47. The van der Waals surface area contributed by atoms with Crippen molar-refractivity contribution < 1.29 is 31.9 Å². The Balaban J connectivity index is 1.54. The normalized spacial score (nSPS) is 11.4. The Hall–Kier alpha value is -4.48. The van der Waals surface area contributed by atoms with Crippen molar-refractivity contribution >= 4 is 23.3 Å². The first-order chi connectivity index (χ1) is 17.0. The molecule has 0 saturated carbocycles. The van der Waals surface area contributed by atoms with Crippen LogP contribution in [0.15, 0.2) is 54.7 Å². The maximum absolute atomic E-state index is 14.1. The van der Waals surface area contributed by atoms with Crippen molar-refractivity contribution in [3.63, 3.8) is 0 Å². The predicted molar refractivity (Wildman–Crippen MR) is 122 cm³/mol. The molecule has 0 spiro atoms. The standard InChI is InChI=1S/C24H19F4N5O3/c1-13-3-4-15(23(35)29-11-16-9-17(5-6-19(16)25)36-24(26,27)28)10-18(13)20-7-8-22-31-21(30-14(2)34)12-33(22)32-20/h3-10,12H,11H2,1-2H3,(H,29,35)(H,30,34). The number of halogens is 4. The Bertz CT molecular complexity index is 1470. The zero-order valence-electron chi connectivity index (χ0n) is 19.0. The van der Waals surface area contributed by atoms with E-state index in [1.54, 1.807) is 36.5 Å². The van der Waals surface area contributed by atoms with E-state index in [1.165, 1.54) is 11.4 Å². The van der Waals surface area contributed by atoms with E-state index in [4.69, 9.17) is 0 Å². The zero-order chi connectivity index (χ0) is 26.0. The number of ether oxygens (including phenoxy) is 1. The average molecular weight is 501 g/mol. The molecule has 186 valence electrons. The SMILES string of the molecule is CC(=O)Nc1cn2nc(-c3cc(C(=O)NCc4cc(OC(F)(F)F)ccc4F)ccc3C)ccc2n1. The van der Waals surface area contributed by atoms with Crippen molar-refractivity contribution in [3.8, 4) is 17.0 Å². The molecule has 0 unspecified atom stereocenters. The molecular formula is C24H19F4N5O3. The second kappa shape index (κ2) is 9.64. The van der Waals surface area contributed by atoms with Crippen molar-refractivity contribution in [2.24, 2.45) is 0 Å². The van der Waals surface area contributed by atoms with Gasteiger partial charge in [0.2, 0.25) is 5.91 Å². The minimum Gasteiger partial charge on any atom is -0.406 e. The molecule has 0 radical (unpaired) electrons. The third kappa shape index (κ3) is 5.77. The Labute approximate surface area is 201 Å². The lowest BCUT2D eigenvalue weighted by Crippen LogP contribution is -2.23. The van der Waals surface area contributed by atoms with Gasteiger partial charge in [-0.3, -0.25) is 9.59 Å². The molecule has 0 atom stereocenters. The molecule has 2 N–H and O–H groups in total. The van der Waals surface area contributed by atoms with Gasteiger partial charge >= 0.3 is 6.36 Å². The highest BCUT2D eigenvalue weighted by atomic mass is 19.4. The Morgan fingerprint density at radius 3 is 2.58 bits per heavy atom. The van der Waals surface area contributed by atoms with Crippen LogP contribution < -0.4 is 15.4 Å². The number of anilines is 1. The molecule has 0 fully saturated rings. The number of alkyl halides is 3. The molecule has 0 aliphatic carbocycles. The topological polar surface area (TPSA) is 97.6 Å². The molecule has 36 heavy (non-hydrogen) atoms. The fraction of sp³-hybridized carbons (Fsp3) is 0.167. The summed E-state index contributed by atoms with van der Waals surface area (Å²) in [5.41, 5.74) is 2.58. The minimum atomic E-state index is -4.92. The van der Waals surface area contributed by atoms with Crippen molar-refractivity contribution in [3.05, 3.63) is 77.2 Å². The molecule has 2 amide bonds. The van der Waals surface area contributed by atoms with Gasteiger partial charge in [-0.15, -0.1) is 13.2 Å². The van der Waals surface area contributed by atoms with Crippen LogP contribution in [0.2, 0.25) is 0 Å². The maximum atomic E-state index is 14.1. The number of aromatic nitrogens is 3. The summed E-state index contributed by atoms with van der Waals surface area (Å²) in [5, 5.41) is 9.58. The highest BCUT2D eigenvalue weighted by Gasteiger charge is 2.31. The van der Waals surface area contributed by atoms with Crippen molar-refractivity contribution in [2.45, 2.75) is 26.8 Å². The van der Waals surface area contributed by atoms with Crippen LogP contribution in [0.1, 0.15) is 28.4 Å². The smallest absolute Gasteiger partial charge is 0.406 e. The average Bonchev–Trinajstić information content (AvgIpc) is 3.19. The maximum Gasteiger partial charge on any atom is 0.573 e. The van der Waals surface area contributed by atoms with Crippen LogP contribution in [0.5, 0.6) is 5.75 Å². The summed E-state index contributed by atoms with van der Waals surface area (Å²) >= 11 is 0. The van der Waals surface area contributed by atoms with E-state index in [9.17, 15) is 27.2 Å². The zero-order valence-corrected chi connectivity index (χ0v) is 19.0. The molecule has 0 bridgehead atoms. The van der Waals surface area contributed by atoms with Crippen LogP contribution in [0.3, 0.4) is 0 Å². The molecule has 0 saturated heterocycles. The number of amides is 2. The predicted octanol–water partition coefficient (Wildman–Crippen LogP) is 4.63. The first kappa shape index (κ1) is 24.6. The van der Waals surface area contributed by atoms with Crippen LogP contribution >= 0.6 is 0 Å². The first-order valence-corrected chi connectivity index (χ1v) is 10.6. The summed E-state index contributed by atoms with van der Waals surface area (Å²) in [5.74, 6) is -1.87. The van der Waals surface area contributed by atoms with Gasteiger partial charge in [0.1, 0.15) is 11.6 Å². The number of fused-ring (bicyclic) bond motifs is 1. The summed E-state index contributed by atoms with van der Waals surface area (Å²) in [6.45, 7) is 2.85. The molecule has 2 aromatic heterocycles. The molecule has 4 aromatic rings. The quantitative estimate of drug-likeness (QED) is 0.376. The third-order valence-electron chi connectivity index (χ3n) is 5.09. The summed E-state index contributed by atoms with van der Waals surface area (Å²) in [6, 6.07) is 10.9. The molecule has 12 heteroatoms. The largest absolute Gasteiger partial charge is 0.573 e. The second-order valence-electron chi connectivity index (χ2n) is 7.84. The van der Waals surface area contributed by atoms with Crippen molar-refractivity contribution in [1.29, 1.82) is 0 Å². The molecule has 2 aromatic carbocycles. The molecule has 4 rings (SSSR count). The molecule has 8 nitrogen and oxygen atoms in total. The Kier molecular flexibility index (Phi) is 6.60. The number of carbonyl (C=O) groups excluding carboxylic acids is 2. The number of benzene rings is 2. The van der Waals surface area contributed by atoms with E-state index in [0.717, 1.165) is 23.8 Å². The second-order valence-corrected chi connectivity index (χ2v) is 7.84. The Morgan fingerprint density at radius 2 is 1.86 bits per heavy atom. The lowest BCUT2D eigenvalue weighted by atomic mass is 10.0. The number of aryl methyl sites for hydroxylation is 1. The first-order valence-electron chi connectivity index (χ1n) is 10.6. The van der Waals surface area contributed by atoms with Crippen LogP contribution in [-0.4, -0.2) is 32.8 Å².